The van der Waals surface area contributed by atoms with Crippen molar-refractivity contribution in [1.82, 2.24) is 10.6 Å². The topological polar surface area (TPSA) is 50.4 Å². The van der Waals surface area contributed by atoms with Crippen molar-refractivity contribution in [2.24, 2.45) is 0 Å². The molecule has 1 amide bonds. The Bertz CT molecular complexity index is 528. The van der Waals surface area contributed by atoms with Gasteiger partial charge in [0.1, 0.15) is 11.4 Å². The Morgan fingerprint density at radius 3 is 2.76 bits per heavy atom. The van der Waals surface area contributed by atoms with E-state index in [0.717, 1.165) is 0 Å². The molecule has 17 heavy (non-hydrogen) atoms. The van der Waals surface area contributed by atoms with Crippen molar-refractivity contribution in [3.05, 3.63) is 34.5 Å². The summed E-state index contributed by atoms with van der Waals surface area (Å²) in [5.74, 6) is 0.367. The zero-order valence-corrected chi connectivity index (χ0v) is 10.5. The molecule has 0 unspecified atom stereocenters. The second-order valence-electron chi connectivity index (χ2n) is 3.35. The van der Waals surface area contributed by atoms with Gasteiger partial charge in [0, 0.05) is 10.6 Å². The molecule has 1 aliphatic rings. The van der Waals surface area contributed by atoms with Gasteiger partial charge in [0.25, 0.3) is 5.91 Å². The van der Waals surface area contributed by atoms with Crippen molar-refractivity contribution in [2.45, 2.75) is 0 Å². The number of amides is 1. The number of carbonyl (C=O) groups excluding carboxylic acids is 1. The second kappa shape index (κ2) is 4.73. The third kappa shape index (κ3) is 2.57. The standard InChI is InChI=1S/C11H9ClN2O2S/c1-16-9-3-2-7(12)4-6(9)5-8-10(15)14-11(17)13-8/h2-5H,1H3,(H2,13,14,15,17)/b8-5+. The van der Waals surface area contributed by atoms with Gasteiger partial charge in [-0.05, 0) is 36.5 Å². The van der Waals surface area contributed by atoms with E-state index in [-0.39, 0.29) is 5.91 Å². The maximum absolute atomic E-state index is 11.5. The zero-order valence-electron chi connectivity index (χ0n) is 8.91. The molecule has 0 atom stereocenters. The third-order valence-corrected chi connectivity index (χ3v) is 2.65. The van der Waals surface area contributed by atoms with Gasteiger partial charge < -0.3 is 10.1 Å². The molecule has 2 rings (SSSR count). The zero-order chi connectivity index (χ0) is 12.4. The molecule has 2 N–H and O–H groups in total. The number of halogens is 1. The van der Waals surface area contributed by atoms with Gasteiger partial charge in [-0.3, -0.25) is 10.1 Å². The largest absolute Gasteiger partial charge is 0.496 e. The highest BCUT2D eigenvalue weighted by Crippen LogP contribution is 2.24. The number of nitrogens with one attached hydrogen (secondary N) is 2. The fraction of sp³-hybridized carbons (Fsp3) is 0.0909. The Kier molecular flexibility index (Phi) is 3.31. The minimum Gasteiger partial charge on any atom is -0.496 e. The molecule has 0 spiro atoms. The van der Waals surface area contributed by atoms with E-state index in [9.17, 15) is 4.79 Å². The van der Waals surface area contributed by atoms with Crippen molar-refractivity contribution < 1.29 is 9.53 Å². The van der Waals surface area contributed by atoms with Gasteiger partial charge >= 0.3 is 0 Å². The predicted molar refractivity (Wildman–Crippen MR) is 69.9 cm³/mol. The number of methoxy groups -OCH3 is 1. The van der Waals surface area contributed by atoms with Crippen LogP contribution in [0.3, 0.4) is 0 Å². The first-order valence-corrected chi connectivity index (χ1v) is 5.56. The molecule has 0 saturated carbocycles. The van der Waals surface area contributed by atoms with Gasteiger partial charge in [0.15, 0.2) is 5.11 Å². The molecule has 0 radical (unpaired) electrons. The molecular weight excluding hydrogens is 260 g/mol. The smallest absolute Gasteiger partial charge is 0.273 e. The van der Waals surface area contributed by atoms with E-state index in [0.29, 0.717) is 27.1 Å². The summed E-state index contributed by atoms with van der Waals surface area (Å²) in [5.41, 5.74) is 1.08. The SMILES string of the molecule is COc1ccc(Cl)cc1/C=C1/NC(=S)NC1=O. The molecule has 1 saturated heterocycles. The number of hydrogen-bond acceptors (Lipinski definition) is 3. The van der Waals surface area contributed by atoms with Crippen LogP contribution < -0.4 is 15.4 Å². The van der Waals surface area contributed by atoms with Gasteiger partial charge in [-0.1, -0.05) is 11.6 Å². The third-order valence-electron chi connectivity index (χ3n) is 2.21. The summed E-state index contributed by atoms with van der Waals surface area (Å²) < 4.78 is 5.18. The van der Waals surface area contributed by atoms with Crippen molar-refractivity contribution in [2.75, 3.05) is 7.11 Å². The summed E-state index contributed by atoms with van der Waals surface area (Å²) in [6.45, 7) is 0. The first-order valence-electron chi connectivity index (χ1n) is 4.77. The van der Waals surface area contributed by atoms with E-state index in [4.69, 9.17) is 28.6 Å². The molecule has 0 bridgehead atoms. The highest BCUT2D eigenvalue weighted by Gasteiger charge is 2.20. The van der Waals surface area contributed by atoms with E-state index in [2.05, 4.69) is 10.6 Å². The minimum atomic E-state index is -0.267. The number of thiocarbonyl (C=S) groups is 1. The molecule has 0 aromatic heterocycles. The molecular formula is C11H9ClN2O2S. The molecule has 1 fully saturated rings. The number of ether oxygens (including phenoxy) is 1. The highest BCUT2D eigenvalue weighted by atomic mass is 35.5. The number of carbonyl (C=O) groups is 1. The lowest BCUT2D eigenvalue weighted by molar-refractivity contribution is -0.115. The maximum Gasteiger partial charge on any atom is 0.273 e. The summed E-state index contributed by atoms with van der Waals surface area (Å²) in [6.07, 6.45) is 1.64. The van der Waals surface area contributed by atoms with E-state index >= 15 is 0 Å². The van der Waals surface area contributed by atoms with Gasteiger partial charge in [-0.2, -0.15) is 0 Å². The van der Waals surface area contributed by atoms with Crippen LogP contribution in [0.25, 0.3) is 6.08 Å². The monoisotopic (exact) mass is 268 g/mol. The van der Waals surface area contributed by atoms with Crippen LogP contribution in [0.15, 0.2) is 23.9 Å². The molecule has 1 aliphatic heterocycles. The van der Waals surface area contributed by atoms with Gasteiger partial charge in [0.2, 0.25) is 0 Å². The first-order chi connectivity index (χ1) is 8.10. The van der Waals surface area contributed by atoms with Gasteiger partial charge in [-0.15, -0.1) is 0 Å². The molecule has 1 heterocycles. The lowest BCUT2D eigenvalue weighted by Crippen LogP contribution is -2.21. The Morgan fingerprint density at radius 2 is 2.18 bits per heavy atom. The van der Waals surface area contributed by atoms with Crippen LogP contribution >= 0.6 is 23.8 Å². The summed E-state index contributed by atoms with van der Waals surface area (Å²) in [6, 6.07) is 5.17. The van der Waals surface area contributed by atoms with Crippen molar-refractivity contribution in [3.63, 3.8) is 0 Å². The van der Waals surface area contributed by atoms with Crippen LogP contribution in [0, 0.1) is 0 Å². The van der Waals surface area contributed by atoms with Crippen LogP contribution in [-0.4, -0.2) is 18.1 Å². The van der Waals surface area contributed by atoms with Crippen molar-refractivity contribution in [3.8, 4) is 5.75 Å². The minimum absolute atomic E-state index is 0.267. The van der Waals surface area contributed by atoms with Crippen LogP contribution in [0.2, 0.25) is 5.02 Å². The Morgan fingerprint density at radius 1 is 1.41 bits per heavy atom. The van der Waals surface area contributed by atoms with Crippen molar-refractivity contribution >= 4 is 40.9 Å². The summed E-state index contributed by atoms with van der Waals surface area (Å²) in [5, 5.41) is 6.10. The van der Waals surface area contributed by atoms with Crippen LogP contribution in [0.1, 0.15) is 5.56 Å². The fourth-order valence-electron chi connectivity index (χ4n) is 1.46. The number of hydrogen-bond donors (Lipinski definition) is 2. The van der Waals surface area contributed by atoms with E-state index in [1.165, 1.54) is 0 Å². The maximum atomic E-state index is 11.5. The fourth-order valence-corrected chi connectivity index (χ4v) is 1.84. The van der Waals surface area contributed by atoms with E-state index in [1.807, 2.05) is 0 Å². The lowest BCUT2D eigenvalue weighted by Gasteiger charge is -2.05. The molecule has 6 heteroatoms. The quantitative estimate of drug-likeness (QED) is 0.633. The van der Waals surface area contributed by atoms with Crippen LogP contribution in [0.5, 0.6) is 5.75 Å². The van der Waals surface area contributed by atoms with Crippen LogP contribution in [-0.2, 0) is 4.79 Å². The van der Waals surface area contributed by atoms with E-state index < -0.39 is 0 Å². The predicted octanol–water partition coefficient (Wildman–Crippen LogP) is 1.69. The Hall–Kier alpha value is -1.59. The molecule has 1 aromatic rings. The number of benzene rings is 1. The molecule has 1 aromatic carbocycles. The Balaban J connectivity index is 2.41. The summed E-state index contributed by atoms with van der Waals surface area (Å²) >= 11 is 10.7. The Labute approximate surface area is 109 Å². The van der Waals surface area contributed by atoms with Gasteiger partial charge in [-0.25, -0.2) is 0 Å². The highest BCUT2D eigenvalue weighted by molar-refractivity contribution is 7.80. The summed E-state index contributed by atoms with van der Waals surface area (Å²) in [4.78, 5) is 11.5. The molecule has 88 valence electrons. The number of rotatable bonds is 2. The average molecular weight is 269 g/mol. The molecule has 0 aliphatic carbocycles. The molecule has 4 nitrogen and oxygen atoms in total. The average Bonchev–Trinajstić information content (AvgIpc) is 2.58. The normalized spacial score (nSPS) is 16.9. The van der Waals surface area contributed by atoms with E-state index in [1.54, 1.807) is 31.4 Å². The van der Waals surface area contributed by atoms with Crippen molar-refractivity contribution in [1.29, 1.82) is 0 Å². The first kappa shape index (κ1) is 11.9. The lowest BCUT2D eigenvalue weighted by atomic mass is 10.1. The van der Waals surface area contributed by atoms with Crippen LogP contribution in [0.4, 0.5) is 0 Å². The summed E-state index contributed by atoms with van der Waals surface area (Å²) in [7, 11) is 1.55. The second-order valence-corrected chi connectivity index (χ2v) is 4.20. The van der Waals surface area contributed by atoms with Gasteiger partial charge in [0.05, 0.1) is 7.11 Å².